The molecule has 1 unspecified atom stereocenters. The normalized spacial score (nSPS) is 14.2. The maximum absolute atomic E-state index is 5.45. The van der Waals surface area contributed by atoms with Crippen molar-refractivity contribution >= 4 is 0 Å². The second kappa shape index (κ2) is 6.29. The van der Waals surface area contributed by atoms with Crippen molar-refractivity contribution in [2.24, 2.45) is 11.3 Å². The molecule has 5 nitrogen and oxygen atoms in total. The van der Waals surface area contributed by atoms with E-state index in [1.54, 1.807) is 7.11 Å². The van der Waals surface area contributed by atoms with Crippen molar-refractivity contribution in [1.82, 2.24) is 15.5 Å². The molecule has 0 saturated heterocycles. The van der Waals surface area contributed by atoms with Crippen molar-refractivity contribution in [3.8, 4) is 0 Å². The highest BCUT2D eigenvalue weighted by Gasteiger charge is 2.30. The predicted octanol–water partition coefficient (Wildman–Crippen LogP) is 2.55. The number of rotatable bonds is 6. The van der Waals surface area contributed by atoms with Crippen molar-refractivity contribution in [3.63, 3.8) is 0 Å². The van der Waals surface area contributed by atoms with Gasteiger partial charge in [-0.15, -0.1) is 0 Å². The quantitative estimate of drug-likeness (QED) is 0.846. The molecule has 0 saturated carbocycles. The van der Waals surface area contributed by atoms with Crippen LogP contribution in [0.2, 0.25) is 0 Å². The Labute approximate surface area is 109 Å². The molecule has 0 aliphatic heterocycles. The van der Waals surface area contributed by atoms with Crippen molar-refractivity contribution in [2.45, 2.75) is 47.3 Å². The average Bonchev–Trinajstić information content (AvgIpc) is 2.64. The Morgan fingerprint density at radius 1 is 1.33 bits per heavy atom. The highest BCUT2D eigenvalue weighted by molar-refractivity contribution is 4.96. The van der Waals surface area contributed by atoms with Gasteiger partial charge in [-0.3, -0.25) is 0 Å². The van der Waals surface area contributed by atoms with Gasteiger partial charge in [-0.05, 0) is 17.9 Å². The molecule has 1 heterocycles. The van der Waals surface area contributed by atoms with Gasteiger partial charge in [0.2, 0.25) is 11.7 Å². The number of hydrogen-bond donors (Lipinski definition) is 1. The first kappa shape index (κ1) is 15.1. The molecule has 1 N–H and O–H groups in total. The second-order valence-corrected chi connectivity index (χ2v) is 6.05. The molecule has 0 aliphatic rings. The van der Waals surface area contributed by atoms with Crippen molar-refractivity contribution in [2.75, 3.05) is 13.7 Å². The Balaban J connectivity index is 2.62. The summed E-state index contributed by atoms with van der Waals surface area (Å²) >= 11 is 0. The fourth-order valence-electron chi connectivity index (χ4n) is 1.76. The van der Waals surface area contributed by atoms with E-state index in [2.05, 4.69) is 50.1 Å². The third-order valence-electron chi connectivity index (χ3n) is 2.57. The fraction of sp³-hybridized carbons (Fsp3) is 0.846. The van der Waals surface area contributed by atoms with Gasteiger partial charge in [0.15, 0.2) is 0 Å². The smallest absolute Gasteiger partial charge is 0.240 e. The molecule has 1 atom stereocenters. The maximum atomic E-state index is 5.45. The van der Waals surface area contributed by atoms with E-state index in [4.69, 9.17) is 9.26 Å². The van der Waals surface area contributed by atoms with E-state index >= 15 is 0 Å². The molecule has 0 aromatic carbocycles. The summed E-state index contributed by atoms with van der Waals surface area (Å²) in [4.78, 5) is 4.38. The summed E-state index contributed by atoms with van der Waals surface area (Å²) in [6.45, 7) is 12.1. The molecule has 1 rings (SSSR count). The topological polar surface area (TPSA) is 60.2 Å². The van der Waals surface area contributed by atoms with Crippen LogP contribution in [-0.4, -0.2) is 23.8 Å². The van der Waals surface area contributed by atoms with Gasteiger partial charge in [-0.2, -0.15) is 4.98 Å². The summed E-state index contributed by atoms with van der Waals surface area (Å²) in [7, 11) is 1.67. The number of hydrogen-bond acceptors (Lipinski definition) is 5. The molecule has 0 fully saturated rings. The van der Waals surface area contributed by atoms with Crippen LogP contribution < -0.4 is 5.32 Å². The molecule has 0 radical (unpaired) electrons. The highest BCUT2D eigenvalue weighted by atomic mass is 16.5. The van der Waals surface area contributed by atoms with Gasteiger partial charge in [0, 0.05) is 7.11 Å². The van der Waals surface area contributed by atoms with Crippen molar-refractivity contribution in [3.05, 3.63) is 11.7 Å². The van der Waals surface area contributed by atoms with Gasteiger partial charge in [-0.25, -0.2) is 0 Å². The lowest BCUT2D eigenvalue weighted by Gasteiger charge is -2.26. The van der Waals surface area contributed by atoms with E-state index in [1.807, 2.05) is 0 Å². The van der Waals surface area contributed by atoms with E-state index < -0.39 is 0 Å². The third-order valence-corrected chi connectivity index (χ3v) is 2.57. The lowest BCUT2D eigenvalue weighted by Crippen LogP contribution is -2.22. The minimum absolute atomic E-state index is 0.0543. The van der Waals surface area contributed by atoms with E-state index in [0.29, 0.717) is 24.2 Å². The Bertz CT molecular complexity index is 355. The SMILES string of the molecule is COC(c1noc(CNCC(C)C)n1)C(C)(C)C. The molecule has 104 valence electrons. The van der Waals surface area contributed by atoms with Gasteiger partial charge in [0.05, 0.1) is 6.54 Å². The van der Waals surface area contributed by atoms with Gasteiger partial charge in [0.1, 0.15) is 6.10 Å². The van der Waals surface area contributed by atoms with Crippen LogP contribution in [0.15, 0.2) is 4.52 Å². The first-order valence-electron chi connectivity index (χ1n) is 6.40. The van der Waals surface area contributed by atoms with E-state index in [-0.39, 0.29) is 11.5 Å². The Morgan fingerprint density at radius 2 is 2.00 bits per heavy atom. The van der Waals surface area contributed by atoms with Gasteiger partial charge in [-0.1, -0.05) is 39.8 Å². The summed E-state index contributed by atoms with van der Waals surface area (Å²) in [6, 6.07) is 0. The number of nitrogens with zero attached hydrogens (tertiary/aromatic N) is 2. The van der Waals surface area contributed by atoms with Crippen molar-refractivity contribution in [1.29, 1.82) is 0 Å². The molecule has 5 heteroatoms. The number of methoxy groups -OCH3 is 1. The van der Waals surface area contributed by atoms with Crippen LogP contribution in [-0.2, 0) is 11.3 Å². The molecular formula is C13H25N3O2. The van der Waals surface area contributed by atoms with Gasteiger partial charge in [0.25, 0.3) is 0 Å². The summed E-state index contributed by atoms with van der Waals surface area (Å²) in [5.74, 6) is 1.83. The van der Waals surface area contributed by atoms with Gasteiger partial charge < -0.3 is 14.6 Å². The van der Waals surface area contributed by atoms with E-state index in [1.165, 1.54) is 0 Å². The molecule has 0 amide bonds. The molecule has 0 spiro atoms. The van der Waals surface area contributed by atoms with Crippen molar-refractivity contribution < 1.29 is 9.26 Å². The van der Waals surface area contributed by atoms with Crippen LogP contribution in [0.4, 0.5) is 0 Å². The standard InChI is InChI=1S/C13H25N3O2/c1-9(2)7-14-8-10-15-12(16-18-10)11(17-6)13(3,4)5/h9,11,14H,7-8H2,1-6H3. The highest BCUT2D eigenvalue weighted by Crippen LogP contribution is 2.33. The monoisotopic (exact) mass is 255 g/mol. The van der Waals surface area contributed by atoms with Crippen LogP contribution in [0.25, 0.3) is 0 Å². The first-order chi connectivity index (χ1) is 8.34. The molecular weight excluding hydrogens is 230 g/mol. The first-order valence-corrected chi connectivity index (χ1v) is 6.40. The van der Waals surface area contributed by atoms with E-state index in [9.17, 15) is 0 Å². The summed E-state index contributed by atoms with van der Waals surface area (Å²) in [6.07, 6.45) is -0.153. The van der Waals surface area contributed by atoms with Crippen LogP contribution in [0.1, 0.15) is 52.4 Å². The zero-order valence-electron chi connectivity index (χ0n) is 12.3. The Kier molecular flexibility index (Phi) is 5.28. The molecule has 0 aliphatic carbocycles. The lowest BCUT2D eigenvalue weighted by molar-refractivity contribution is 0.00718. The largest absolute Gasteiger partial charge is 0.373 e. The molecule has 0 bridgehead atoms. The molecule has 1 aromatic rings. The second-order valence-electron chi connectivity index (χ2n) is 6.05. The predicted molar refractivity (Wildman–Crippen MR) is 70.0 cm³/mol. The average molecular weight is 255 g/mol. The molecule has 1 aromatic heterocycles. The van der Waals surface area contributed by atoms with Crippen LogP contribution in [0, 0.1) is 11.3 Å². The summed E-state index contributed by atoms with van der Waals surface area (Å²) in [5.41, 5.74) is -0.0543. The minimum atomic E-state index is -0.153. The lowest BCUT2D eigenvalue weighted by atomic mass is 9.88. The Morgan fingerprint density at radius 3 is 2.50 bits per heavy atom. The zero-order chi connectivity index (χ0) is 13.8. The van der Waals surface area contributed by atoms with Crippen LogP contribution in [0.5, 0.6) is 0 Å². The number of aromatic nitrogens is 2. The van der Waals surface area contributed by atoms with Crippen LogP contribution >= 0.6 is 0 Å². The zero-order valence-corrected chi connectivity index (χ0v) is 12.3. The maximum Gasteiger partial charge on any atom is 0.240 e. The van der Waals surface area contributed by atoms with Gasteiger partial charge >= 0.3 is 0 Å². The molecule has 18 heavy (non-hydrogen) atoms. The summed E-state index contributed by atoms with van der Waals surface area (Å²) in [5, 5.41) is 7.27. The fourth-order valence-corrected chi connectivity index (χ4v) is 1.76. The number of ether oxygens (including phenoxy) is 1. The van der Waals surface area contributed by atoms with Crippen LogP contribution in [0.3, 0.4) is 0 Å². The number of nitrogens with one attached hydrogen (secondary N) is 1. The minimum Gasteiger partial charge on any atom is -0.373 e. The Hall–Kier alpha value is -0.940. The third kappa shape index (κ3) is 4.38. The summed E-state index contributed by atoms with van der Waals surface area (Å²) < 4.78 is 10.7. The van der Waals surface area contributed by atoms with E-state index in [0.717, 1.165) is 6.54 Å².